The predicted molar refractivity (Wildman–Crippen MR) is 148 cm³/mol. The summed E-state index contributed by atoms with van der Waals surface area (Å²) in [6.45, 7) is 4.54. The van der Waals surface area contributed by atoms with E-state index in [1.54, 1.807) is 28.0 Å². The molecule has 1 aliphatic rings. The normalized spacial score (nSPS) is 15.0. The molecule has 0 radical (unpaired) electrons. The van der Waals surface area contributed by atoms with Gasteiger partial charge in [0, 0.05) is 32.1 Å². The van der Waals surface area contributed by atoms with Gasteiger partial charge in [-0.2, -0.15) is 0 Å². The molecule has 0 saturated heterocycles. The molecule has 3 aromatic heterocycles. The van der Waals surface area contributed by atoms with E-state index in [-0.39, 0.29) is 11.2 Å². The summed E-state index contributed by atoms with van der Waals surface area (Å²) in [5.74, 6) is 0.916. The zero-order valence-corrected chi connectivity index (χ0v) is 23.1. The van der Waals surface area contributed by atoms with Crippen molar-refractivity contribution >= 4 is 73.9 Å². The lowest BCUT2D eigenvalue weighted by molar-refractivity contribution is -0.0379. The number of ether oxygens (including phenoxy) is 1. The van der Waals surface area contributed by atoms with Crippen LogP contribution in [0.5, 0.6) is 0 Å². The maximum Gasteiger partial charge on any atom is 0.268 e. The molecule has 6 rings (SSSR count). The highest BCUT2D eigenvalue weighted by molar-refractivity contribution is 7.98. The maximum atomic E-state index is 14.0. The highest BCUT2D eigenvalue weighted by Gasteiger charge is 2.32. The van der Waals surface area contributed by atoms with Gasteiger partial charge in [-0.05, 0) is 55.3 Å². The van der Waals surface area contributed by atoms with E-state index in [1.807, 2.05) is 48.6 Å². The Bertz CT molecular complexity index is 1700. The number of fused-ring (bicyclic) bond motifs is 5. The highest BCUT2D eigenvalue weighted by Crippen LogP contribution is 2.40. The average molecular weight is 578 g/mol. The van der Waals surface area contributed by atoms with Crippen LogP contribution in [0, 0.1) is 0 Å². The summed E-state index contributed by atoms with van der Waals surface area (Å²) in [4.78, 5) is 15.9. The van der Waals surface area contributed by atoms with Crippen LogP contribution in [0.25, 0.3) is 21.7 Å². The average Bonchev–Trinajstić information content (AvgIpc) is 3.39. The Balaban J connectivity index is 1.61. The Labute approximate surface area is 229 Å². The van der Waals surface area contributed by atoms with Crippen molar-refractivity contribution in [3.8, 4) is 5.69 Å². The second kappa shape index (κ2) is 9.04. The second-order valence-corrected chi connectivity index (χ2v) is 12.4. The fourth-order valence-corrected chi connectivity index (χ4v) is 7.59. The van der Waals surface area contributed by atoms with Crippen molar-refractivity contribution < 1.29 is 4.74 Å². The zero-order chi connectivity index (χ0) is 25.2. The van der Waals surface area contributed by atoms with Crippen LogP contribution in [0.15, 0.2) is 52.4 Å². The van der Waals surface area contributed by atoms with Gasteiger partial charge in [0.05, 0.1) is 23.3 Å². The molecule has 0 saturated carbocycles. The third kappa shape index (κ3) is 4.04. The third-order valence-corrected chi connectivity index (χ3v) is 9.27. The molecular formula is C25H19Cl3N4O2S2. The van der Waals surface area contributed by atoms with Crippen LogP contribution in [-0.2, 0) is 23.5 Å². The summed E-state index contributed by atoms with van der Waals surface area (Å²) in [5.41, 5.74) is 1.96. The first-order chi connectivity index (χ1) is 17.2. The number of benzene rings is 2. The summed E-state index contributed by atoms with van der Waals surface area (Å²) < 4.78 is 9.59. The van der Waals surface area contributed by atoms with Gasteiger partial charge < -0.3 is 4.74 Å². The van der Waals surface area contributed by atoms with E-state index in [2.05, 4.69) is 10.2 Å². The van der Waals surface area contributed by atoms with Crippen LogP contribution in [-0.4, -0.2) is 24.8 Å². The molecule has 0 fully saturated rings. The van der Waals surface area contributed by atoms with Gasteiger partial charge in [-0.25, -0.2) is 8.97 Å². The summed E-state index contributed by atoms with van der Waals surface area (Å²) in [7, 11) is 0. The van der Waals surface area contributed by atoms with E-state index in [0.717, 1.165) is 20.8 Å². The van der Waals surface area contributed by atoms with Gasteiger partial charge in [0.1, 0.15) is 4.83 Å². The van der Waals surface area contributed by atoms with Crippen molar-refractivity contribution in [1.29, 1.82) is 0 Å². The Morgan fingerprint density at radius 3 is 2.61 bits per heavy atom. The smallest absolute Gasteiger partial charge is 0.268 e. The van der Waals surface area contributed by atoms with Crippen molar-refractivity contribution in [2.45, 2.75) is 43.4 Å². The van der Waals surface area contributed by atoms with Crippen LogP contribution < -0.4 is 5.56 Å². The van der Waals surface area contributed by atoms with Crippen LogP contribution >= 0.6 is 57.9 Å². The molecule has 1 aliphatic heterocycles. The molecule has 36 heavy (non-hydrogen) atoms. The first-order valence-electron chi connectivity index (χ1n) is 11.1. The number of aromatic nitrogens is 4. The van der Waals surface area contributed by atoms with Gasteiger partial charge in [0.15, 0.2) is 5.16 Å². The van der Waals surface area contributed by atoms with Crippen LogP contribution in [0.2, 0.25) is 15.1 Å². The Morgan fingerprint density at radius 2 is 1.86 bits per heavy atom. The minimum atomic E-state index is -0.366. The van der Waals surface area contributed by atoms with Crippen LogP contribution in [0.3, 0.4) is 0 Å². The fourth-order valence-electron chi connectivity index (χ4n) is 4.45. The quantitative estimate of drug-likeness (QED) is 0.211. The van der Waals surface area contributed by atoms with E-state index >= 15 is 0 Å². The molecule has 184 valence electrons. The van der Waals surface area contributed by atoms with Crippen molar-refractivity contribution in [1.82, 2.24) is 19.2 Å². The molecule has 6 nitrogen and oxygen atoms in total. The number of rotatable bonds is 4. The first-order valence-corrected chi connectivity index (χ1v) is 14.1. The number of halogens is 3. The number of hydrogen-bond acceptors (Lipinski definition) is 6. The third-order valence-electron chi connectivity index (χ3n) is 6.18. The van der Waals surface area contributed by atoms with Crippen molar-refractivity contribution in [2.24, 2.45) is 0 Å². The lowest BCUT2D eigenvalue weighted by Crippen LogP contribution is -2.32. The number of hydrogen-bond donors (Lipinski definition) is 0. The van der Waals surface area contributed by atoms with Gasteiger partial charge in [-0.3, -0.25) is 4.79 Å². The molecule has 0 unspecified atom stereocenters. The Hall–Kier alpha value is -2.07. The van der Waals surface area contributed by atoms with E-state index in [0.29, 0.717) is 55.9 Å². The van der Waals surface area contributed by atoms with Gasteiger partial charge >= 0.3 is 0 Å². The standard InChI is InChI=1S/C25H19Cl3N4O2S2/c1-25(2)10-15-19(11-34-25)36-22-20(15)21(33)31(14-6-3-5-13(26)9-14)23-29-30-24(32(22)23)35-12-16-17(27)7-4-8-18(16)28/h3-9H,10-12H2,1-2H3. The number of thiophene rings is 1. The molecule has 0 aliphatic carbocycles. The predicted octanol–water partition coefficient (Wildman–Crippen LogP) is 7.20. The summed E-state index contributed by atoms with van der Waals surface area (Å²) in [5, 5.41) is 11.9. The Kier molecular flexibility index (Phi) is 6.10. The maximum absolute atomic E-state index is 14.0. The van der Waals surface area contributed by atoms with Crippen molar-refractivity contribution in [2.75, 3.05) is 0 Å². The first kappa shape index (κ1) is 24.3. The number of nitrogens with zero attached hydrogens (tertiary/aromatic N) is 4. The van der Waals surface area contributed by atoms with E-state index in [4.69, 9.17) is 39.5 Å². The van der Waals surface area contributed by atoms with Crippen LogP contribution in [0.1, 0.15) is 29.9 Å². The molecule has 11 heteroatoms. The Morgan fingerprint density at radius 1 is 1.11 bits per heavy atom. The van der Waals surface area contributed by atoms with Gasteiger partial charge in [0.2, 0.25) is 5.78 Å². The molecule has 0 atom stereocenters. The molecular weight excluding hydrogens is 559 g/mol. The zero-order valence-electron chi connectivity index (χ0n) is 19.2. The molecule has 0 N–H and O–H groups in total. The van der Waals surface area contributed by atoms with E-state index < -0.39 is 0 Å². The van der Waals surface area contributed by atoms with E-state index in [9.17, 15) is 4.79 Å². The van der Waals surface area contributed by atoms with Gasteiger partial charge in [-0.1, -0.05) is 58.7 Å². The van der Waals surface area contributed by atoms with Crippen LogP contribution in [0.4, 0.5) is 0 Å². The monoisotopic (exact) mass is 576 g/mol. The van der Waals surface area contributed by atoms with Gasteiger partial charge in [-0.15, -0.1) is 21.5 Å². The SMILES string of the molecule is CC1(C)Cc2c(sc3c2c(=O)n(-c2cccc(Cl)c2)c2nnc(SCc4c(Cl)cccc4Cl)n32)CO1. The van der Waals surface area contributed by atoms with E-state index in [1.165, 1.54) is 11.8 Å². The highest BCUT2D eigenvalue weighted by atomic mass is 35.5. The fraction of sp³-hybridized carbons (Fsp3) is 0.240. The summed E-state index contributed by atoms with van der Waals surface area (Å²) in [6.07, 6.45) is 0.637. The lowest BCUT2D eigenvalue weighted by atomic mass is 9.94. The summed E-state index contributed by atoms with van der Waals surface area (Å²) >= 11 is 22.1. The lowest BCUT2D eigenvalue weighted by Gasteiger charge is -2.29. The minimum absolute atomic E-state index is 0.145. The molecule has 5 aromatic rings. The van der Waals surface area contributed by atoms with Crippen molar-refractivity contribution in [3.63, 3.8) is 0 Å². The summed E-state index contributed by atoms with van der Waals surface area (Å²) in [6, 6.07) is 12.6. The molecule has 0 amide bonds. The topological polar surface area (TPSA) is 61.4 Å². The number of thioether (sulfide) groups is 1. The van der Waals surface area contributed by atoms with Gasteiger partial charge in [0.25, 0.3) is 5.56 Å². The molecule has 0 spiro atoms. The minimum Gasteiger partial charge on any atom is -0.370 e. The van der Waals surface area contributed by atoms with Crippen molar-refractivity contribution in [3.05, 3.63) is 83.9 Å². The molecule has 2 aromatic carbocycles. The molecule has 4 heterocycles. The molecule has 0 bridgehead atoms. The largest absolute Gasteiger partial charge is 0.370 e. The second-order valence-electron chi connectivity index (χ2n) is 9.14.